The van der Waals surface area contributed by atoms with Gasteiger partial charge in [0.15, 0.2) is 0 Å². The van der Waals surface area contributed by atoms with Gasteiger partial charge >= 0.3 is 0 Å². The number of anilines is 6. The predicted molar refractivity (Wildman–Crippen MR) is 119 cm³/mol. The van der Waals surface area contributed by atoms with Gasteiger partial charge in [-0.25, -0.2) is 9.97 Å². The largest absolute Gasteiger partial charge is 0.372 e. The number of aromatic nitrogens is 2. The zero-order chi connectivity index (χ0) is 20.6. The third-order valence-corrected chi connectivity index (χ3v) is 4.41. The molecule has 0 fully saturated rings. The molecule has 3 aromatic rings. The van der Waals surface area contributed by atoms with E-state index in [4.69, 9.17) is 0 Å². The second-order valence-electron chi connectivity index (χ2n) is 6.52. The van der Waals surface area contributed by atoms with E-state index in [0.717, 1.165) is 30.2 Å². The first-order chi connectivity index (χ1) is 14.1. The Morgan fingerprint density at radius 1 is 0.828 bits per heavy atom. The Morgan fingerprint density at radius 2 is 1.31 bits per heavy atom. The zero-order valence-corrected chi connectivity index (χ0v) is 16.9. The number of carbonyl (C=O) groups excluding carboxylic acids is 1. The van der Waals surface area contributed by atoms with Gasteiger partial charge in [0.05, 0.1) is 0 Å². The number of nitrogens with one attached hydrogen (secondary N) is 3. The van der Waals surface area contributed by atoms with Gasteiger partial charge in [0.2, 0.25) is 5.91 Å². The summed E-state index contributed by atoms with van der Waals surface area (Å²) in [7, 11) is 0. The van der Waals surface area contributed by atoms with E-state index in [-0.39, 0.29) is 5.91 Å². The maximum Gasteiger partial charge on any atom is 0.221 e. The van der Waals surface area contributed by atoms with Crippen LogP contribution in [0.15, 0.2) is 60.9 Å². The smallest absolute Gasteiger partial charge is 0.221 e. The van der Waals surface area contributed by atoms with E-state index in [1.165, 1.54) is 18.9 Å². The van der Waals surface area contributed by atoms with E-state index in [1.54, 1.807) is 0 Å². The summed E-state index contributed by atoms with van der Waals surface area (Å²) in [5.41, 5.74) is 3.78. The fourth-order valence-corrected chi connectivity index (χ4v) is 2.97. The van der Waals surface area contributed by atoms with E-state index >= 15 is 0 Å². The molecule has 3 rings (SSSR count). The number of carbonyl (C=O) groups is 1. The van der Waals surface area contributed by atoms with Gasteiger partial charge in [-0.1, -0.05) is 0 Å². The molecule has 29 heavy (non-hydrogen) atoms. The highest BCUT2D eigenvalue weighted by atomic mass is 16.1. The average molecular weight is 390 g/mol. The lowest BCUT2D eigenvalue weighted by atomic mass is 10.2. The SMILES string of the molecule is CCN(CC)c1ccc(Nc2cc(Nc3ccc(NC(C)=O)cc3)ncn2)cc1. The first-order valence-corrected chi connectivity index (χ1v) is 9.66. The molecule has 0 saturated carbocycles. The molecule has 0 bridgehead atoms. The van der Waals surface area contributed by atoms with Gasteiger partial charge in [-0.3, -0.25) is 4.79 Å². The second kappa shape index (κ2) is 9.54. The van der Waals surface area contributed by atoms with Gasteiger partial charge in [-0.05, 0) is 62.4 Å². The molecule has 0 aliphatic carbocycles. The maximum absolute atomic E-state index is 11.1. The lowest BCUT2D eigenvalue weighted by Gasteiger charge is -2.21. The molecule has 0 radical (unpaired) electrons. The van der Waals surface area contributed by atoms with E-state index in [9.17, 15) is 4.79 Å². The van der Waals surface area contributed by atoms with Crippen LogP contribution in [0.2, 0.25) is 0 Å². The molecule has 150 valence electrons. The van der Waals surface area contributed by atoms with Gasteiger partial charge in [0, 0.05) is 48.8 Å². The number of hydrogen-bond acceptors (Lipinski definition) is 6. The monoisotopic (exact) mass is 390 g/mol. The standard InChI is InChI=1S/C22H26N6O/c1-4-28(5-2)20-12-10-19(11-13-20)27-22-14-21(23-15-24-22)26-18-8-6-17(7-9-18)25-16(3)29/h6-15H,4-5H2,1-3H3,(H,25,29)(H2,23,24,26,27). The highest BCUT2D eigenvalue weighted by molar-refractivity contribution is 5.88. The van der Waals surface area contributed by atoms with Crippen LogP contribution in [-0.2, 0) is 4.79 Å². The Bertz CT molecular complexity index is 936. The molecule has 3 N–H and O–H groups in total. The molecule has 0 aliphatic rings. The molecule has 1 heterocycles. The molecule has 1 aromatic heterocycles. The molecule has 7 heteroatoms. The van der Waals surface area contributed by atoms with Crippen LogP contribution in [0.3, 0.4) is 0 Å². The number of amides is 1. The number of nitrogens with zero attached hydrogens (tertiary/aromatic N) is 3. The maximum atomic E-state index is 11.1. The Kier molecular flexibility index (Phi) is 6.63. The van der Waals surface area contributed by atoms with Gasteiger partial charge in [-0.2, -0.15) is 0 Å². The Morgan fingerprint density at radius 3 is 1.79 bits per heavy atom. The highest BCUT2D eigenvalue weighted by Gasteiger charge is 2.04. The summed E-state index contributed by atoms with van der Waals surface area (Å²) in [4.78, 5) is 22.0. The molecule has 0 unspecified atom stereocenters. The lowest BCUT2D eigenvalue weighted by Crippen LogP contribution is -2.21. The van der Waals surface area contributed by atoms with Crippen molar-refractivity contribution in [2.75, 3.05) is 33.9 Å². The van der Waals surface area contributed by atoms with E-state index in [1.807, 2.05) is 42.5 Å². The average Bonchev–Trinajstić information content (AvgIpc) is 2.72. The lowest BCUT2D eigenvalue weighted by molar-refractivity contribution is -0.114. The van der Waals surface area contributed by atoms with Crippen molar-refractivity contribution in [1.82, 2.24) is 9.97 Å². The summed E-state index contributed by atoms with van der Waals surface area (Å²) in [6, 6.07) is 17.6. The van der Waals surface area contributed by atoms with Gasteiger partial charge in [0.1, 0.15) is 18.0 Å². The van der Waals surface area contributed by atoms with Crippen LogP contribution in [0.5, 0.6) is 0 Å². The van der Waals surface area contributed by atoms with Crippen molar-refractivity contribution >= 4 is 40.3 Å². The zero-order valence-electron chi connectivity index (χ0n) is 16.9. The third-order valence-electron chi connectivity index (χ3n) is 4.41. The molecule has 2 aromatic carbocycles. The summed E-state index contributed by atoms with van der Waals surface area (Å²) in [6.45, 7) is 7.75. The molecular formula is C22H26N6O. The predicted octanol–water partition coefficient (Wildman–Crippen LogP) is 4.77. The Balaban J connectivity index is 1.65. The van der Waals surface area contributed by atoms with Crippen molar-refractivity contribution in [3.8, 4) is 0 Å². The summed E-state index contributed by atoms with van der Waals surface area (Å²) in [5.74, 6) is 1.28. The first-order valence-electron chi connectivity index (χ1n) is 9.66. The van der Waals surface area contributed by atoms with Crippen LogP contribution in [-0.4, -0.2) is 29.0 Å². The van der Waals surface area contributed by atoms with Gasteiger partial charge in [0.25, 0.3) is 0 Å². The normalized spacial score (nSPS) is 10.3. The molecule has 1 amide bonds. The topological polar surface area (TPSA) is 82.2 Å². The summed E-state index contributed by atoms with van der Waals surface area (Å²) < 4.78 is 0. The number of benzene rings is 2. The van der Waals surface area contributed by atoms with Crippen molar-refractivity contribution in [2.24, 2.45) is 0 Å². The summed E-state index contributed by atoms with van der Waals surface area (Å²) >= 11 is 0. The fraction of sp³-hybridized carbons (Fsp3) is 0.227. The van der Waals surface area contributed by atoms with Crippen LogP contribution in [0.4, 0.5) is 34.4 Å². The van der Waals surface area contributed by atoms with Crippen LogP contribution in [0, 0.1) is 0 Å². The summed E-state index contributed by atoms with van der Waals surface area (Å²) in [5, 5.41) is 9.29. The second-order valence-corrected chi connectivity index (χ2v) is 6.52. The van der Waals surface area contributed by atoms with Crippen molar-refractivity contribution in [1.29, 1.82) is 0 Å². The Hall–Kier alpha value is -3.61. The Labute approximate surface area is 171 Å². The van der Waals surface area contributed by atoms with Crippen LogP contribution in [0.25, 0.3) is 0 Å². The summed E-state index contributed by atoms with van der Waals surface area (Å²) in [6.07, 6.45) is 1.51. The van der Waals surface area contributed by atoms with E-state index < -0.39 is 0 Å². The van der Waals surface area contributed by atoms with E-state index in [2.05, 4.69) is 56.8 Å². The molecule has 0 aliphatic heterocycles. The van der Waals surface area contributed by atoms with Crippen LogP contribution < -0.4 is 20.9 Å². The quantitative estimate of drug-likeness (QED) is 0.514. The molecule has 0 atom stereocenters. The molecule has 7 nitrogen and oxygen atoms in total. The van der Waals surface area contributed by atoms with E-state index in [0.29, 0.717) is 11.6 Å². The molecule has 0 spiro atoms. The van der Waals surface area contributed by atoms with Gasteiger partial charge < -0.3 is 20.9 Å². The van der Waals surface area contributed by atoms with Crippen molar-refractivity contribution in [2.45, 2.75) is 20.8 Å². The van der Waals surface area contributed by atoms with Crippen LogP contribution in [0.1, 0.15) is 20.8 Å². The van der Waals surface area contributed by atoms with Crippen LogP contribution >= 0.6 is 0 Å². The van der Waals surface area contributed by atoms with Crippen molar-refractivity contribution in [3.63, 3.8) is 0 Å². The highest BCUT2D eigenvalue weighted by Crippen LogP contribution is 2.22. The van der Waals surface area contributed by atoms with Crippen molar-refractivity contribution in [3.05, 3.63) is 60.9 Å². The minimum Gasteiger partial charge on any atom is -0.372 e. The minimum atomic E-state index is -0.0950. The number of rotatable bonds is 8. The third kappa shape index (κ3) is 5.68. The first kappa shape index (κ1) is 20.1. The van der Waals surface area contributed by atoms with Gasteiger partial charge in [-0.15, -0.1) is 0 Å². The number of hydrogen-bond donors (Lipinski definition) is 3. The molecular weight excluding hydrogens is 364 g/mol. The van der Waals surface area contributed by atoms with Crippen molar-refractivity contribution < 1.29 is 4.79 Å². The molecule has 0 saturated heterocycles. The fourth-order valence-electron chi connectivity index (χ4n) is 2.97. The minimum absolute atomic E-state index is 0.0950.